The summed E-state index contributed by atoms with van der Waals surface area (Å²) in [5, 5.41) is 13.1. The standard InChI is InChI=1S/C14H17N5O3S/c1-3-15-13(21)17-12(20)8-23-14-18-16-9-19(14)10-6-4-5-7-11(10)22-2/h4-7,9H,3,8H2,1-2H3,(H2,15,17,20,21). The summed E-state index contributed by atoms with van der Waals surface area (Å²) in [5.41, 5.74) is 0.770. The number of para-hydroxylation sites is 2. The van der Waals surface area contributed by atoms with E-state index in [9.17, 15) is 9.59 Å². The first-order valence-electron chi connectivity index (χ1n) is 6.89. The number of carbonyl (C=O) groups is 2. The monoisotopic (exact) mass is 335 g/mol. The van der Waals surface area contributed by atoms with Crippen LogP contribution in [0.4, 0.5) is 4.79 Å². The van der Waals surface area contributed by atoms with E-state index in [1.807, 2.05) is 24.3 Å². The Hall–Kier alpha value is -2.55. The van der Waals surface area contributed by atoms with Gasteiger partial charge in [-0.1, -0.05) is 23.9 Å². The largest absolute Gasteiger partial charge is 0.495 e. The number of amides is 3. The molecule has 0 bridgehead atoms. The lowest BCUT2D eigenvalue weighted by molar-refractivity contribution is -0.117. The van der Waals surface area contributed by atoms with Crippen LogP contribution in [0.25, 0.3) is 5.69 Å². The summed E-state index contributed by atoms with van der Waals surface area (Å²) in [6.07, 6.45) is 1.54. The van der Waals surface area contributed by atoms with E-state index in [2.05, 4.69) is 20.8 Å². The molecule has 3 amide bonds. The van der Waals surface area contributed by atoms with Crippen molar-refractivity contribution in [1.82, 2.24) is 25.4 Å². The number of imide groups is 1. The van der Waals surface area contributed by atoms with Gasteiger partial charge in [-0.2, -0.15) is 0 Å². The van der Waals surface area contributed by atoms with Crippen molar-refractivity contribution in [3.8, 4) is 11.4 Å². The van der Waals surface area contributed by atoms with Crippen molar-refractivity contribution in [2.45, 2.75) is 12.1 Å². The number of aromatic nitrogens is 3. The van der Waals surface area contributed by atoms with Gasteiger partial charge in [-0.25, -0.2) is 4.79 Å². The molecule has 8 nitrogen and oxygen atoms in total. The number of nitrogens with one attached hydrogen (secondary N) is 2. The normalized spacial score (nSPS) is 10.2. The second kappa shape index (κ2) is 8.18. The molecule has 1 aromatic heterocycles. The van der Waals surface area contributed by atoms with Gasteiger partial charge in [-0.05, 0) is 19.1 Å². The summed E-state index contributed by atoms with van der Waals surface area (Å²) in [7, 11) is 1.58. The molecule has 23 heavy (non-hydrogen) atoms. The first-order chi connectivity index (χ1) is 11.2. The Kier molecular flexibility index (Phi) is 5.98. The Morgan fingerprint density at radius 2 is 2.13 bits per heavy atom. The Morgan fingerprint density at radius 1 is 1.35 bits per heavy atom. The van der Waals surface area contributed by atoms with E-state index in [0.29, 0.717) is 17.5 Å². The van der Waals surface area contributed by atoms with Crippen LogP contribution in [0.5, 0.6) is 5.75 Å². The number of hydrogen-bond donors (Lipinski definition) is 2. The predicted molar refractivity (Wildman–Crippen MR) is 85.9 cm³/mol. The highest BCUT2D eigenvalue weighted by molar-refractivity contribution is 7.99. The van der Waals surface area contributed by atoms with Gasteiger partial charge in [0.05, 0.1) is 18.6 Å². The molecule has 1 aromatic carbocycles. The minimum atomic E-state index is -0.510. The molecule has 0 radical (unpaired) electrons. The van der Waals surface area contributed by atoms with Gasteiger partial charge >= 0.3 is 6.03 Å². The van der Waals surface area contributed by atoms with Crippen LogP contribution in [0.2, 0.25) is 0 Å². The second-order valence-corrected chi connectivity index (χ2v) is 5.29. The van der Waals surface area contributed by atoms with Crippen molar-refractivity contribution in [1.29, 1.82) is 0 Å². The maximum absolute atomic E-state index is 11.7. The smallest absolute Gasteiger partial charge is 0.321 e. The van der Waals surface area contributed by atoms with Gasteiger partial charge in [0.1, 0.15) is 12.1 Å². The van der Waals surface area contributed by atoms with Crippen LogP contribution in [-0.4, -0.2) is 46.1 Å². The highest BCUT2D eigenvalue weighted by atomic mass is 32.2. The third-order valence-electron chi connectivity index (χ3n) is 2.78. The first-order valence-corrected chi connectivity index (χ1v) is 7.88. The number of methoxy groups -OCH3 is 1. The zero-order chi connectivity index (χ0) is 16.7. The average molecular weight is 335 g/mol. The van der Waals surface area contributed by atoms with Crippen molar-refractivity contribution in [2.75, 3.05) is 19.4 Å². The summed E-state index contributed by atoms with van der Waals surface area (Å²) in [6.45, 7) is 2.23. The molecule has 0 aliphatic rings. The van der Waals surface area contributed by atoms with Crippen LogP contribution in [0.3, 0.4) is 0 Å². The van der Waals surface area contributed by atoms with Gasteiger partial charge < -0.3 is 10.1 Å². The number of carbonyl (C=O) groups excluding carboxylic acids is 2. The molecule has 0 saturated heterocycles. The molecule has 2 rings (SSSR count). The molecule has 0 unspecified atom stereocenters. The molecule has 2 N–H and O–H groups in total. The fourth-order valence-corrected chi connectivity index (χ4v) is 2.54. The van der Waals surface area contributed by atoms with Gasteiger partial charge in [0.25, 0.3) is 0 Å². The molecule has 122 valence electrons. The molecule has 9 heteroatoms. The molecular formula is C14H17N5O3S. The van der Waals surface area contributed by atoms with Crippen LogP contribution < -0.4 is 15.4 Å². The third kappa shape index (κ3) is 4.46. The lowest BCUT2D eigenvalue weighted by Crippen LogP contribution is -2.40. The molecule has 2 aromatic rings. The Balaban J connectivity index is 2.04. The van der Waals surface area contributed by atoms with Crippen molar-refractivity contribution in [2.24, 2.45) is 0 Å². The molecule has 0 aliphatic heterocycles. The van der Waals surface area contributed by atoms with E-state index < -0.39 is 11.9 Å². The van der Waals surface area contributed by atoms with E-state index in [1.165, 1.54) is 11.8 Å². The number of urea groups is 1. The van der Waals surface area contributed by atoms with Crippen LogP contribution in [0, 0.1) is 0 Å². The predicted octanol–water partition coefficient (Wildman–Crippen LogP) is 1.21. The average Bonchev–Trinajstić information content (AvgIpc) is 3.01. The van der Waals surface area contributed by atoms with Gasteiger partial charge in [0.2, 0.25) is 5.91 Å². The maximum Gasteiger partial charge on any atom is 0.321 e. The minimum absolute atomic E-state index is 0.0466. The Labute approximate surface area is 137 Å². The summed E-state index contributed by atoms with van der Waals surface area (Å²) in [5.74, 6) is 0.307. The number of hydrogen-bond acceptors (Lipinski definition) is 6. The third-order valence-corrected chi connectivity index (χ3v) is 3.73. The lowest BCUT2D eigenvalue weighted by Gasteiger charge is -2.10. The van der Waals surface area contributed by atoms with E-state index in [0.717, 1.165) is 5.69 Å². The Morgan fingerprint density at radius 3 is 2.87 bits per heavy atom. The molecule has 0 spiro atoms. The van der Waals surface area contributed by atoms with E-state index in [-0.39, 0.29) is 5.75 Å². The molecule has 0 saturated carbocycles. The zero-order valence-corrected chi connectivity index (χ0v) is 13.6. The molecule has 0 aliphatic carbocycles. The van der Waals surface area contributed by atoms with Crippen LogP contribution >= 0.6 is 11.8 Å². The van der Waals surface area contributed by atoms with Gasteiger partial charge in [0.15, 0.2) is 5.16 Å². The fraction of sp³-hybridized carbons (Fsp3) is 0.286. The summed E-state index contributed by atoms with van der Waals surface area (Å²) >= 11 is 1.18. The molecule has 0 fully saturated rings. The van der Waals surface area contributed by atoms with Crippen molar-refractivity contribution < 1.29 is 14.3 Å². The fourth-order valence-electron chi connectivity index (χ4n) is 1.81. The first kappa shape index (κ1) is 16.8. The van der Waals surface area contributed by atoms with E-state index in [1.54, 1.807) is 24.9 Å². The minimum Gasteiger partial charge on any atom is -0.495 e. The maximum atomic E-state index is 11.7. The topological polar surface area (TPSA) is 98.1 Å². The van der Waals surface area contributed by atoms with E-state index in [4.69, 9.17) is 4.74 Å². The zero-order valence-electron chi connectivity index (χ0n) is 12.8. The van der Waals surface area contributed by atoms with Gasteiger partial charge in [-0.15, -0.1) is 10.2 Å². The SMILES string of the molecule is CCNC(=O)NC(=O)CSc1nncn1-c1ccccc1OC. The number of nitrogens with zero attached hydrogens (tertiary/aromatic N) is 3. The highest BCUT2D eigenvalue weighted by Crippen LogP contribution is 2.26. The number of rotatable bonds is 6. The van der Waals surface area contributed by atoms with Crippen LogP contribution in [-0.2, 0) is 4.79 Å². The van der Waals surface area contributed by atoms with E-state index >= 15 is 0 Å². The van der Waals surface area contributed by atoms with Gasteiger partial charge in [0, 0.05) is 6.54 Å². The van der Waals surface area contributed by atoms with Crippen molar-refractivity contribution in [3.63, 3.8) is 0 Å². The summed E-state index contributed by atoms with van der Waals surface area (Å²) in [6, 6.07) is 6.91. The summed E-state index contributed by atoms with van der Waals surface area (Å²) < 4.78 is 7.04. The molecular weight excluding hydrogens is 318 g/mol. The summed E-state index contributed by atoms with van der Waals surface area (Å²) in [4.78, 5) is 23.0. The highest BCUT2D eigenvalue weighted by Gasteiger charge is 2.14. The van der Waals surface area contributed by atoms with Crippen LogP contribution in [0.15, 0.2) is 35.7 Å². The lowest BCUT2D eigenvalue weighted by atomic mass is 10.3. The van der Waals surface area contributed by atoms with Crippen molar-refractivity contribution in [3.05, 3.63) is 30.6 Å². The number of ether oxygens (including phenoxy) is 1. The second-order valence-electron chi connectivity index (χ2n) is 4.35. The van der Waals surface area contributed by atoms with Crippen molar-refractivity contribution >= 4 is 23.7 Å². The number of benzene rings is 1. The number of thioether (sulfide) groups is 1. The van der Waals surface area contributed by atoms with Gasteiger partial charge in [-0.3, -0.25) is 14.7 Å². The Bertz CT molecular complexity index is 689. The quantitative estimate of drug-likeness (QED) is 0.770. The van der Waals surface area contributed by atoms with Crippen LogP contribution in [0.1, 0.15) is 6.92 Å². The molecule has 0 atom stereocenters. The molecule has 1 heterocycles.